The summed E-state index contributed by atoms with van der Waals surface area (Å²) in [7, 11) is 1.81. The Balaban J connectivity index is 3.51. The molecular formula is C15H18N4O. The highest BCUT2D eigenvalue weighted by Crippen LogP contribution is 2.43. The van der Waals surface area contributed by atoms with Crippen molar-refractivity contribution in [3.05, 3.63) is 22.4 Å². The third-order valence-electron chi connectivity index (χ3n) is 3.43. The van der Waals surface area contributed by atoms with Gasteiger partial charge in [0, 0.05) is 24.9 Å². The zero-order valence-electron chi connectivity index (χ0n) is 12.1. The summed E-state index contributed by atoms with van der Waals surface area (Å²) in [5.41, 5.74) is 1.58. The highest BCUT2D eigenvalue weighted by atomic mass is 16.3. The van der Waals surface area contributed by atoms with E-state index in [4.69, 9.17) is 15.6 Å². The van der Waals surface area contributed by atoms with Crippen LogP contribution >= 0.6 is 0 Å². The molecule has 0 aromatic carbocycles. The van der Waals surface area contributed by atoms with Crippen LogP contribution < -0.4 is 0 Å². The first-order valence-electron chi connectivity index (χ1n) is 6.39. The Morgan fingerprint density at radius 3 is 2.30 bits per heavy atom. The van der Waals surface area contributed by atoms with Gasteiger partial charge in [0.1, 0.15) is 23.8 Å². The molecule has 0 saturated carbocycles. The second-order valence-corrected chi connectivity index (χ2v) is 5.67. The molecule has 0 heterocycles. The molecule has 1 aliphatic rings. The number of nitrogens with zero attached hydrogens (tertiary/aromatic N) is 4. The van der Waals surface area contributed by atoms with Crippen molar-refractivity contribution in [3.8, 4) is 18.2 Å². The van der Waals surface area contributed by atoms with Crippen LogP contribution in [0.2, 0.25) is 0 Å². The predicted octanol–water partition coefficient (Wildman–Crippen LogP) is 1.85. The van der Waals surface area contributed by atoms with Gasteiger partial charge in [-0.15, -0.1) is 0 Å². The lowest BCUT2D eigenvalue weighted by atomic mass is 9.72. The van der Waals surface area contributed by atoms with Crippen LogP contribution in [0.3, 0.4) is 0 Å². The maximum absolute atomic E-state index is 9.41. The zero-order chi connectivity index (χ0) is 15.3. The molecule has 0 spiro atoms. The SMILES string of the molecule is CN(CCO)C1=C(C#N)C(=C(C#N)C#N)CC(C)(C)C1. The quantitative estimate of drug-likeness (QED) is 0.790. The van der Waals surface area contributed by atoms with Crippen LogP contribution in [0.15, 0.2) is 22.4 Å². The average molecular weight is 270 g/mol. The van der Waals surface area contributed by atoms with E-state index in [0.29, 0.717) is 30.5 Å². The highest BCUT2D eigenvalue weighted by Gasteiger charge is 2.33. The molecule has 1 N–H and O–H groups in total. The van der Waals surface area contributed by atoms with Gasteiger partial charge in [-0.05, 0) is 18.3 Å². The summed E-state index contributed by atoms with van der Waals surface area (Å²) < 4.78 is 0. The molecule has 1 rings (SSSR count). The lowest BCUT2D eigenvalue weighted by Crippen LogP contribution is -2.31. The van der Waals surface area contributed by atoms with Crippen molar-refractivity contribution >= 4 is 0 Å². The van der Waals surface area contributed by atoms with Crippen LogP contribution in [-0.4, -0.2) is 30.2 Å². The van der Waals surface area contributed by atoms with Gasteiger partial charge in [0.05, 0.1) is 12.2 Å². The molecule has 5 nitrogen and oxygen atoms in total. The summed E-state index contributed by atoms with van der Waals surface area (Å²) >= 11 is 0. The summed E-state index contributed by atoms with van der Waals surface area (Å²) in [5.74, 6) is 0. The van der Waals surface area contributed by atoms with E-state index in [9.17, 15) is 5.26 Å². The Hall–Kier alpha value is -2.29. The van der Waals surface area contributed by atoms with Gasteiger partial charge >= 0.3 is 0 Å². The van der Waals surface area contributed by atoms with E-state index >= 15 is 0 Å². The molecule has 0 aromatic rings. The first-order valence-corrected chi connectivity index (χ1v) is 6.39. The van der Waals surface area contributed by atoms with Crippen molar-refractivity contribution in [1.29, 1.82) is 15.8 Å². The molecule has 0 bridgehead atoms. The number of rotatable bonds is 3. The second kappa shape index (κ2) is 6.24. The van der Waals surface area contributed by atoms with Crippen molar-refractivity contribution < 1.29 is 5.11 Å². The van der Waals surface area contributed by atoms with E-state index < -0.39 is 0 Å². The van der Waals surface area contributed by atoms with Crippen molar-refractivity contribution in [2.45, 2.75) is 26.7 Å². The van der Waals surface area contributed by atoms with E-state index in [2.05, 4.69) is 6.07 Å². The Morgan fingerprint density at radius 2 is 1.85 bits per heavy atom. The van der Waals surface area contributed by atoms with E-state index in [1.807, 2.05) is 30.9 Å². The minimum Gasteiger partial charge on any atom is -0.395 e. The summed E-state index contributed by atoms with van der Waals surface area (Å²) in [6, 6.07) is 5.89. The fourth-order valence-electron chi connectivity index (χ4n) is 2.46. The second-order valence-electron chi connectivity index (χ2n) is 5.67. The molecule has 0 aromatic heterocycles. The Morgan fingerprint density at radius 1 is 1.25 bits per heavy atom. The summed E-state index contributed by atoms with van der Waals surface area (Å²) in [4.78, 5) is 1.83. The van der Waals surface area contributed by atoms with Gasteiger partial charge < -0.3 is 10.0 Å². The maximum atomic E-state index is 9.41. The van der Waals surface area contributed by atoms with Crippen LogP contribution in [0.4, 0.5) is 0 Å². The normalized spacial score (nSPS) is 16.9. The number of allylic oxidation sites excluding steroid dienone is 4. The van der Waals surface area contributed by atoms with E-state index in [-0.39, 0.29) is 17.6 Å². The van der Waals surface area contributed by atoms with Crippen LogP contribution in [-0.2, 0) is 0 Å². The minimum atomic E-state index is -0.131. The Bertz CT molecular complexity index is 562. The van der Waals surface area contributed by atoms with Crippen LogP contribution in [0.1, 0.15) is 26.7 Å². The van der Waals surface area contributed by atoms with Crippen molar-refractivity contribution in [3.63, 3.8) is 0 Å². The van der Waals surface area contributed by atoms with Gasteiger partial charge in [0.15, 0.2) is 0 Å². The first-order chi connectivity index (χ1) is 9.40. The number of aliphatic hydroxyl groups excluding tert-OH is 1. The fraction of sp³-hybridized carbons (Fsp3) is 0.533. The summed E-state index contributed by atoms with van der Waals surface area (Å²) in [6.45, 7) is 4.49. The zero-order valence-corrected chi connectivity index (χ0v) is 12.1. The molecule has 0 unspecified atom stereocenters. The van der Waals surface area contributed by atoms with Gasteiger partial charge in [0.25, 0.3) is 0 Å². The predicted molar refractivity (Wildman–Crippen MR) is 73.6 cm³/mol. The smallest absolute Gasteiger partial charge is 0.134 e. The molecule has 20 heavy (non-hydrogen) atoms. The average Bonchev–Trinajstić information content (AvgIpc) is 2.39. The largest absolute Gasteiger partial charge is 0.395 e. The van der Waals surface area contributed by atoms with Crippen LogP contribution in [0, 0.1) is 39.4 Å². The number of aliphatic hydroxyl groups is 1. The molecule has 0 atom stereocenters. The topological polar surface area (TPSA) is 94.8 Å². The molecular weight excluding hydrogens is 252 g/mol. The van der Waals surface area contributed by atoms with Crippen molar-refractivity contribution in [2.75, 3.05) is 20.2 Å². The number of hydrogen-bond donors (Lipinski definition) is 1. The third kappa shape index (κ3) is 3.18. The highest BCUT2D eigenvalue weighted by molar-refractivity contribution is 5.57. The molecule has 0 aliphatic heterocycles. The van der Waals surface area contributed by atoms with Gasteiger partial charge in [-0.1, -0.05) is 13.8 Å². The third-order valence-corrected chi connectivity index (χ3v) is 3.43. The van der Waals surface area contributed by atoms with Crippen molar-refractivity contribution in [2.24, 2.45) is 5.41 Å². The lowest BCUT2D eigenvalue weighted by molar-refractivity contribution is 0.224. The number of nitriles is 3. The van der Waals surface area contributed by atoms with Gasteiger partial charge in [-0.3, -0.25) is 0 Å². The van der Waals surface area contributed by atoms with E-state index in [0.717, 1.165) is 5.70 Å². The summed E-state index contributed by atoms with van der Waals surface area (Å²) in [6.07, 6.45) is 1.21. The Kier molecular flexibility index (Phi) is 4.92. The summed E-state index contributed by atoms with van der Waals surface area (Å²) in [5, 5.41) is 36.6. The van der Waals surface area contributed by atoms with Crippen LogP contribution in [0.5, 0.6) is 0 Å². The molecule has 0 fully saturated rings. The Labute approximate surface area is 119 Å². The monoisotopic (exact) mass is 270 g/mol. The molecule has 0 saturated heterocycles. The van der Waals surface area contributed by atoms with E-state index in [1.165, 1.54) is 0 Å². The maximum Gasteiger partial charge on any atom is 0.134 e. The first kappa shape index (κ1) is 15.8. The van der Waals surface area contributed by atoms with Gasteiger partial charge in [-0.25, -0.2) is 0 Å². The van der Waals surface area contributed by atoms with Crippen molar-refractivity contribution in [1.82, 2.24) is 4.90 Å². The number of likely N-dealkylation sites (N-methyl/N-ethyl adjacent to an activating group) is 1. The number of hydrogen-bond acceptors (Lipinski definition) is 5. The minimum absolute atomic E-state index is 0.00391. The molecule has 0 radical (unpaired) electrons. The van der Waals surface area contributed by atoms with Crippen LogP contribution in [0.25, 0.3) is 0 Å². The lowest BCUT2D eigenvalue weighted by Gasteiger charge is -2.37. The van der Waals surface area contributed by atoms with Gasteiger partial charge in [-0.2, -0.15) is 15.8 Å². The van der Waals surface area contributed by atoms with E-state index in [1.54, 1.807) is 7.05 Å². The fourth-order valence-corrected chi connectivity index (χ4v) is 2.46. The molecule has 0 amide bonds. The van der Waals surface area contributed by atoms with Gasteiger partial charge in [0.2, 0.25) is 0 Å². The molecule has 1 aliphatic carbocycles. The molecule has 104 valence electrons. The molecule has 5 heteroatoms. The standard InChI is InChI=1S/C15H18N4O/c1-15(2)6-12(11(8-16)9-17)13(10-18)14(7-15)19(3)4-5-20/h20H,4-7H2,1-3H3.